The first-order valence-corrected chi connectivity index (χ1v) is 3.15. The molecule has 0 rings (SSSR count). The van der Waals surface area contributed by atoms with E-state index in [9.17, 15) is 0 Å². The number of unbranched alkanes of at least 4 members (excludes halogenated alkanes) is 1. The molecule has 0 aliphatic rings. The van der Waals surface area contributed by atoms with Crippen molar-refractivity contribution in [2.24, 2.45) is 4.99 Å². The van der Waals surface area contributed by atoms with Gasteiger partial charge in [0.05, 0.1) is 5.16 Å². The molecule has 1 nitrogen and oxygen atoms in total. The molecule has 0 aliphatic carbocycles. The molecule has 0 aromatic carbocycles. The van der Waals surface area contributed by atoms with E-state index in [1.165, 1.54) is 0 Å². The summed E-state index contributed by atoms with van der Waals surface area (Å²) in [6, 6.07) is 0. The summed E-state index contributed by atoms with van der Waals surface area (Å²) in [6.45, 7) is 3.58. The number of thiocarbonyl (C=S) groups is 1. The number of hydrogen-bond donors (Lipinski definition) is 0. The van der Waals surface area contributed by atoms with Crippen LogP contribution in [0.4, 0.5) is 0 Å². The van der Waals surface area contributed by atoms with Crippen LogP contribution in [0.15, 0.2) is 29.9 Å². The molecule has 0 amide bonds. The van der Waals surface area contributed by atoms with Crippen molar-refractivity contribution in [3.8, 4) is 0 Å². The fourth-order valence-corrected chi connectivity index (χ4v) is 0.433. The Hall–Kier alpha value is -0.720. The first kappa shape index (κ1) is 8.28. The molecule has 0 bridgehead atoms. The highest BCUT2D eigenvalue weighted by Crippen LogP contribution is 1.89. The van der Waals surface area contributed by atoms with Gasteiger partial charge in [0.25, 0.3) is 0 Å². The van der Waals surface area contributed by atoms with Crippen molar-refractivity contribution in [2.45, 2.75) is 12.8 Å². The molecule has 0 saturated carbocycles. The largest absolute Gasteiger partial charge is 0.203 e. The van der Waals surface area contributed by atoms with Gasteiger partial charge in [-0.15, -0.1) is 6.58 Å². The standard InChI is InChI=1S/C7H9NS/c1-2-3-4-5-6-8-7-9/h2,5-6H,1,3-4H2. The first-order valence-electron chi connectivity index (χ1n) is 2.74. The lowest BCUT2D eigenvalue weighted by Crippen LogP contribution is -1.60. The third kappa shape index (κ3) is 7.28. The number of aliphatic imine (C=N–C) groups is 1. The Morgan fingerprint density at radius 1 is 1.56 bits per heavy atom. The number of allylic oxidation sites excluding steroid dienone is 2. The molecule has 0 N–H and O–H groups in total. The molecule has 0 atom stereocenters. The maximum atomic E-state index is 4.34. The molecule has 0 radical (unpaired) electrons. The maximum Gasteiger partial charge on any atom is 0.0634 e. The van der Waals surface area contributed by atoms with Gasteiger partial charge in [-0.1, -0.05) is 12.2 Å². The zero-order valence-electron chi connectivity index (χ0n) is 5.21. The highest BCUT2D eigenvalue weighted by atomic mass is 32.1. The summed E-state index contributed by atoms with van der Waals surface area (Å²) < 4.78 is 0. The Labute approximate surface area is 60.8 Å². The van der Waals surface area contributed by atoms with Crippen molar-refractivity contribution in [3.63, 3.8) is 0 Å². The van der Waals surface area contributed by atoms with E-state index in [0.717, 1.165) is 12.8 Å². The number of isothiocyanates is 1. The molecule has 48 valence electrons. The van der Waals surface area contributed by atoms with Crippen molar-refractivity contribution in [2.75, 3.05) is 0 Å². The van der Waals surface area contributed by atoms with Gasteiger partial charge in [-0.05, 0) is 25.1 Å². The van der Waals surface area contributed by atoms with Crippen LogP contribution in [0.3, 0.4) is 0 Å². The normalized spacial score (nSPS) is 8.89. The van der Waals surface area contributed by atoms with Gasteiger partial charge in [0.2, 0.25) is 0 Å². The second-order valence-electron chi connectivity index (χ2n) is 1.47. The number of hydrogen-bond acceptors (Lipinski definition) is 2. The van der Waals surface area contributed by atoms with Gasteiger partial charge < -0.3 is 0 Å². The molecule has 0 spiro atoms. The van der Waals surface area contributed by atoms with Crippen LogP contribution < -0.4 is 0 Å². The summed E-state index contributed by atoms with van der Waals surface area (Å²) in [4.78, 5) is 3.59. The lowest BCUT2D eigenvalue weighted by Gasteiger charge is -1.79. The van der Waals surface area contributed by atoms with E-state index in [4.69, 9.17) is 0 Å². The predicted molar refractivity (Wildman–Crippen MR) is 43.6 cm³/mol. The van der Waals surface area contributed by atoms with Crippen LogP contribution in [0, 0.1) is 0 Å². The Kier molecular flexibility index (Phi) is 6.70. The third-order valence-corrected chi connectivity index (χ3v) is 0.876. The van der Waals surface area contributed by atoms with Crippen LogP contribution in [-0.4, -0.2) is 5.16 Å². The molecule has 0 aromatic heterocycles. The van der Waals surface area contributed by atoms with Crippen molar-refractivity contribution in [1.82, 2.24) is 0 Å². The quantitative estimate of drug-likeness (QED) is 0.252. The zero-order chi connectivity index (χ0) is 6.95. The highest BCUT2D eigenvalue weighted by molar-refractivity contribution is 7.78. The van der Waals surface area contributed by atoms with Gasteiger partial charge in [-0.2, -0.15) is 0 Å². The molecular weight excluding hydrogens is 130 g/mol. The fraction of sp³-hybridized carbons (Fsp3) is 0.286. The average Bonchev–Trinajstić information content (AvgIpc) is 1.89. The van der Waals surface area contributed by atoms with Crippen molar-refractivity contribution in [3.05, 3.63) is 24.9 Å². The summed E-state index contributed by atoms with van der Waals surface area (Å²) in [5.41, 5.74) is 0. The maximum absolute atomic E-state index is 4.34. The van der Waals surface area contributed by atoms with Crippen LogP contribution >= 0.6 is 12.2 Å². The monoisotopic (exact) mass is 139 g/mol. The lowest BCUT2D eigenvalue weighted by molar-refractivity contribution is 1.05. The van der Waals surface area contributed by atoms with Gasteiger partial charge in [0.15, 0.2) is 0 Å². The summed E-state index contributed by atoms with van der Waals surface area (Å²) in [7, 11) is 0. The smallest absolute Gasteiger partial charge is 0.0634 e. The summed E-state index contributed by atoms with van der Waals surface area (Å²) >= 11 is 4.34. The predicted octanol–water partition coefficient (Wildman–Crippen LogP) is 2.57. The van der Waals surface area contributed by atoms with Crippen LogP contribution in [0.5, 0.6) is 0 Å². The van der Waals surface area contributed by atoms with Crippen LogP contribution in [0.1, 0.15) is 12.8 Å². The summed E-state index contributed by atoms with van der Waals surface area (Å²) in [6.07, 6.45) is 7.41. The van der Waals surface area contributed by atoms with E-state index < -0.39 is 0 Å². The topological polar surface area (TPSA) is 12.4 Å². The average molecular weight is 139 g/mol. The molecule has 9 heavy (non-hydrogen) atoms. The minimum absolute atomic E-state index is 0.976. The number of nitrogens with zero attached hydrogens (tertiary/aromatic N) is 1. The van der Waals surface area contributed by atoms with Crippen molar-refractivity contribution >= 4 is 17.4 Å². The first-order chi connectivity index (χ1) is 4.41. The third-order valence-electron chi connectivity index (χ3n) is 0.770. The Morgan fingerprint density at radius 2 is 2.33 bits per heavy atom. The minimum atomic E-state index is 0.976. The van der Waals surface area contributed by atoms with E-state index >= 15 is 0 Å². The summed E-state index contributed by atoms with van der Waals surface area (Å²) in [5.74, 6) is 0. The van der Waals surface area contributed by atoms with Crippen LogP contribution in [0.25, 0.3) is 0 Å². The molecule has 0 heterocycles. The van der Waals surface area contributed by atoms with Crippen molar-refractivity contribution < 1.29 is 0 Å². The van der Waals surface area contributed by atoms with E-state index in [0.29, 0.717) is 0 Å². The van der Waals surface area contributed by atoms with Crippen LogP contribution in [0.2, 0.25) is 0 Å². The molecule has 0 unspecified atom stereocenters. The molecular formula is C7H9NS. The second-order valence-corrected chi connectivity index (χ2v) is 1.65. The second kappa shape index (κ2) is 7.28. The molecule has 0 saturated heterocycles. The molecule has 2 heteroatoms. The highest BCUT2D eigenvalue weighted by Gasteiger charge is 1.70. The fourth-order valence-electron chi connectivity index (χ4n) is 0.372. The van der Waals surface area contributed by atoms with Gasteiger partial charge >= 0.3 is 0 Å². The van der Waals surface area contributed by atoms with E-state index in [1.54, 1.807) is 6.20 Å². The summed E-state index contributed by atoms with van der Waals surface area (Å²) in [5, 5.41) is 2.24. The molecule has 0 fully saturated rings. The Balaban J connectivity index is 3.24. The molecule has 0 aliphatic heterocycles. The van der Waals surface area contributed by atoms with Crippen LogP contribution in [-0.2, 0) is 0 Å². The Morgan fingerprint density at radius 3 is 2.89 bits per heavy atom. The van der Waals surface area contributed by atoms with Gasteiger partial charge in [-0.25, -0.2) is 4.99 Å². The Bertz CT molecular complexity index is 143. The van der Waals surface area contributed by atoms with E-state index in [-0.39, 0.29) is 0 Å². The van der Waals surface area contributed by atoms with Crippen molar-refractivity contribution in [1.29, 1.82) is 0 Å². The molecule has 0 aromatic rings. The van der Waals surface area contributed by atoms with Gasteiger partial charge in [-0.3, -0.25) is 0 Å². The zero-order valence-corrected chi connectivity index (χ0v) is 6.03. The number of rotatable bonds is 4. The van der Waals surface area contributed by atoms with E-state index in [2.05, 4.69) is 29.0 Å². The minimum Gasteiger partial charge on any atom is -0.203 e. The van der Waals surface area contributed by atoms with E-state index in [1.807, 2.05) is 12.2 Å². The lowest BCUT2D eigenvalue weighted by atomic mass is 10.3. The van der Waals surface area contributed by atoms with Gasteiger partial charge in [0.1, 0.15) is 0 Å². The SMILES string of the molecule is C=CCCC=CN=C=S. The van der Waals surface area contributed by atoms with Gasteiger partial charge in [0, 0.05) is 6.20 Å².